The van der Waals surface area contributed by atoms with E-state index in [4.69, 9.17) is 11.6 Å². The van der Waals surface area contributed by atoms with Gasteiger partial charge in [-0.05, 0) is 31.2 Å². The van der Waals surface area contributed by atoms with Crippen molar-refractivity contribution in [3.05, 3.63) is 34.9 Å². The molecule has 2 nitrogen and oxygen atoms in total. The lowest BCUT2D eigenvalue weighted by Gasteiger charge is -2.22. The molecule has 0 aliphatic carbocycles. The highest BCUT2D eigenvalue weighted by Crippen LogP contribution is 2.24. The van der Waals surface area contributed by atoms with Gasteiger partial charge in [-0.2, -0.15) is 0 Å². The van der Waals surface area contributed by atoms with Crippen LogP contribution in [-0.2, 0) is 6.42 Å². The van der Waals surface area contributed by atoms with Crippen molar-refractivity contribution in [3.8, 4) is 0 Å². The van der Waals surface area contributed by atoms with Crippen LogP contribution < -0.4 is 0 Å². The number of nitrogens with zero attached hydrogens (tertiary/aromatic N) is 1. The highest BCUT2D eigenvalue weighted by Gasteiger charge is 2.34. The number of halogens is 1. The van der Waals surface area contributed by atoms with E-state index in [1.807, 2.05) is 31.3 Å². The van der Waals surface area contributed by atoms with Crippen LogP contribution in [0.25, 0.3) is 0 Å². The molecule has 0 radical (unpaired) electrons. The van der Waals surface area contributed by atoms with E-state index in [2.05, 4.69) is 4.90 Å². The Labute approximate surface area is 95.5 Å². The van der Waals surface area contributed by atoms with Crippen LogP contribution in [0.15, 0.2) is 24.3 Å². The lowest BCUT2D eigenvalue weighted by atomic mass is 9.94. The molecule has 0 saturated carbocycles. The standard InChI is InChI=1S/C12H16ClNO/c1-14-7-6-12(15,9-14)8-10-2-4-11(13)5-3-10/h2-5,15H,6-9H2,1H3. The Morgan fingerprint density at radius 3 is 2.60 bits per heavy atom. The Kier molecular flexibility index (Phi) is 3.01. The number of β-amino-alcohol motifs (C(OH)–C–C–N with tert-alkyl or cyclic N) is 1. The predicted octanol–water partition coefficient (Wildman–Crippen LogP) is 1.95. The van der Waals surface area contributed by atoms with Crippen LogP contribution >= 0.6 is 11.6 Å². The normalized spacial score (nSPS) is 27.1. The minimum Gasteiger partial charge on any atom is -0.388 e. The molecule has 1 saturated heterocycles. The maximum atomic E-state index is 10.3. The van der Waals surface area contributed by atoms with Gasteiger partial charge in [-0.3, -0.25) is 0 Å². The van der Waals surface area contributed by atoms with Crippen molar-refractivity contribution in [3.63, 3.8) is 0 Å². The number of rotatable bonds is 2. The molecule has 82 valence electrons. The molecule has 3 heteroatoms. The van der Waals surface area contributed by atoms with Gasteiger partial charge in [0.15, 0.2) is 0 Å². The summed E-state index contributed by atoms with van der Waals surface area (Å²) in [6, 6.07) is 7.72. The first-order chi connectivity index (χ1) is 7.07. The summed E-state index contributed by atoms with van der Waals surface area (Å²) in [6.07, 6.45) is 1.57. The summed E-state index contributed by atoms with van der Waals surface area (Å²) in [5, 5.41) is 11.1. The van der Waals surface area contributed by atoms with E-state index in [9.17, 15) is 5.11 Å². The molecule has 1 N–H and O–H groups in total. The minimum absolute atomic E-state index is 0.553. The molecule has 0 amide bonds. The second-order valence-electron chi connectivity index (χ2n) is 4.52. The zero-order valence-electron chi connectivity index (χ0n) is 8.91. The summed E-state index contributed by atoms with van der Waals surface area (Å²) in [5.74, 6) is 0. The van der Waals surface area contributed by atoms with Gasteiger partial charge in [0.1, 0.15) is 0 Å². The molecule has 1 atom stereocenters. The average molecular weight is 226 g/mol. The molecule has 0 aromatic heterocycles. The molecular formula is C12H16ClNO. The molecule has 1 heterocycles. The van der Waals surface area contributed by atoms with Crippen molar-refractivity contribution >= 4 is 11.6 Å². The molecule has 1 aliphatic rings. The smallest absolute Gasteiger partial charge is 0.0826 e. The van der Waals surface area contributed by atoms with E-state index >= 15 is 0 Å². The van der Waals surface area contributed by atoms with Crippen LogP contribution in [0.3, 0.4) is 0 Å². The van der Waals surface area contributed by atoms with Crippen LogP contribution in [0.1, 0.15) is 12.0 Å². The Bertz CT molecular complexity index is 338. The summed E-state index contributed by atoms with van der Waals surface area (Å²) in [4.78, 5) is 2.16. The summed E-state index contributed by atoms with van der Waals surface area (Å²) < 4.78 is 0. The van der Waals surface area contributed by atoms with Gasteiger partial charge in [0.05, 0.1) is 5.60 Å². The number of hydrogen-bond acceptors (Lipinski definition) is 2. The highest BCUT2D eigenvalue weighted by molar-refractivity contribution is 6.30. The van der Waals surface area contributed by atoms with Crippen molar-refractivity contribution in [1.82, 2.24) is 4.90 Å². The van der Waals surface area contributed by atoms with Crippen LogP contribution in [0.2, 0.25) is 5.02 Å². The molecule has 0 bridgehead atoms. The number of benzene rings is 1. The second kappa shape index (κ2) is 4.12. The molecule has 1 unspecified atom stereocenters. The molecule has 1 aliphatic heterocycles. The third kappa shape index (κ3) is 2.71. The van der Waals surface area contributed by atoms with Gasteiger partial charge in [-0.15, -0.1) is 0 Å². The van der Waals surface area contributed by atoms with Gasteiger partial charge in [-0.25, -0.2) is 0 Å². The Morgan fingerprint density at radius 1 is 1.40 bits per heavy atom. The van der Waals surface area contributed by atoms with Gasteiger partial charge >= 0.3 is 0 Å². The first-order valence-corrected chi connectivity index (χ1v) is 5.61. The lowest BCUT2D eigenvalue weighted by Crippen LogP contribution is -2.34. The molecule has 1 aromatic carbocycles. The summed E-state index contributed by atoms with van der Waals surface area (Å²) in [5.41, 5.74) is 0.597. The van der Waals surface area contributed by atoms with E-state index in [1.54, 1.807) is 0 Å². The van der Waals surface area contributed by atoms with Crippen molar-refractivity contribution in [2.75, 3.05) is 20.1 Å². The van der Waals surface area contributed by atoms with E-state index in [1.165, 1.54) is 0 Å². The third-order valence-electron chi connectivity index (χ3n) is 2.97. The molecule has 1 aromatic rings. The van der Waals surface area contributed by atoms with Crippen LogP contribution in [-0.4, -0.2) is 35.7 Å². The SMILES string of the molecule is CN1CCC(O)(Cc2ccc(Cl)cc2)C1. The summed E-state index contributed by atoms with van der Waals surface area (Å²) >= 11 is 5.82. The van der Waals surface area contributed by atoms with Crippen LogP contribution in [0, 0.1) is 0 Å². The summed E-state index contributed by atoms with van der Waals surface area (Å²) in [6.45, 7) is 1.74. The van der Waals surface area contributed by atoms with E-state index in [0.29, 0.717) is 6.42 Å². The highest BCUT2D eigenvalue weighted by atomic mass is 35.5. The molecule has 2 rings (SSSR count). The maximum absolute atomic E-state index is 10.3. The number of aliphatic hydroxyl groups is 1. The number of likely N-dealkylation sites (N-methyl/N-ethyl adjacent to an activating group) is 1. The average Bonchev–Trinajstić information content (AvgIpc) is 2.50. The largest absolute Gasteiger partial charge is 0.388 e. The predicted molar refractivity (Wildman–Crippen MR) is 62.2 cm³/mol. The number of hydrogen-bond donors (Lipinski definition) is 1. The van der Waals surface area contributed by atoms with Crippen molar-refractivity contribution < 1.29 is 5.11 Å². The second-order valence-corrected chi connectivity index (χ2v) is 4.95. The zero-order chi connectivity index (χ0) is 10.9. The zero-order valence-corrected chi connectivity index (χ0v) is 9.67. The molecule has 0 spiro atoms. The summed E-state index contributed by atoms with van der Waals surface area (Å²) in [7, 11) is 2.04. The third-order valence-corrected chi connectivity index (χ3v) is 3.22. The van der Waals surface area contributed by atoms with E-state index in [-0.39, 0.29) is 0 Å². The fraction of sp³-hybridized carbons (Fsp3) is 0.500. The van der Waals surface area contributed by atoms with Crippen molar-refractivity contribution in [2.45, 2.75) is 18.4 Å². The van der Waals surface area contributed by atoms with Gasteiger partial charge < -0.3 is 10.0 Å². The van der Waals surface area contributed by atoms with E-state index < -0.39 is 5.60 Å². The topological polar surface area (TPSA) is 23.5 Å². The van der Waals surface area contributed by atoms with Crippen LogP contribution in [0.5, 0.6) is 0 Å². The van der Waals surface area contributed by atoms with Gasteiger partial charge in [0, 0.05) is 24.5 Å². The minimum atomic E-state index is -0.553. The quantitative estimate of drug-likeness (QED) is 0.832. The first-order valence-electron chi connectivity index (χ1n) is 5.23. The number of likely N-dealkylation sites (tertiary alicyclic amines) is 1. The fourth-order valence-electron chi connectivity index (χ4n) is 2.19. The fourth-order valence-corrected chi connectivity index (χ4v) is 2.31. The molecule has 1 fully saturated rings. The van der Waals surface area contributed by atoms with Gasteiger partial charge in [0.25, 0.3) is 0 Å². The monoisotopic (exact) mass is 225 g/mol. The molecular weight excluding hydrogens is 210 g/mol. The Balaban J connectivity index is 2.05. The lowest BCUT2D eigenvalue weighted by molar-refractivity contribution is 0.0523. The van der Waals surface area contributed by atoms with Crippen LogP contribution in [0.4, 0.5) is 0 Å². The van der Waals surface area contributed by atoms with Crippen molar-refractivity contribution in [1.29, 1.82) is 0 Å². The Hall–Kier alpha value is -0.570. The van der Waals surface area contributed by atoms with Crippen molar-refractivity contribution in [2.24, 2.45) is 0 Å². The first kappa shape index (κ1) is 10.9. The molecule has 15 heavy (non-hydrogen) atoms. The van der Waals surface area contributed by atoms with E-state index in [0.717, 1.165) is 30.1 Å². The Morgan fingerprint density at radius 2 is 2.07 bits per heavy atom. The maximum Gasteiger partial charge on any atom is 0.0826 e. The van der Waals surface area contributed by atoms with Gasteiger partial charge in [-0.1, -0.05) is 23.7 Å². The van der Waals surface area contributed by atoms with Gasteiger partial charge in [0.2, 0.25) is 0 Å².